The van der Waals surface area contributed by atoms with Gasteiger partial charge in [0.15, 0.2) is 0 Å². The Morgan fingerprint density at radius 1 is 0.692 bits per heavy atom. The van der Waals surface area contributed by atoms with Crippen LogP contribution in [0.5, 0.6) is 0 Å². The van der Waals surface area contributed by atoms with Crippen molar-refractivity contribution in [2.24, 2.45) is 0 Å². The molecular formula is C23H24Cl2Zr-2. The summed E-state index contributed by atoms with van der Waals surface area (Å²) in [5.41, 5.74) is 8.19. The monoisotopic (exact) mass is 460 g/mol. The number of hydrogen-bond donors (Lipinski definition) is 0. The molecule has 0 spiro atoms. The van der Waals surface area contributed by atoms with Crippen LogP contribution in [-0.4, -0.2) is 4.21 Å². The fourth-order valence-electron chi connectivity index (χ4n) is 3.39. The molecule has 0 nitrogen and oxygen atoms in total. The van der Waals surface area contributed by atoms with Gasteiger partial charge < -0.3 is 24.8 Å². The van der Waals surface area contributed by atoms with E-state index in [4.69, 9.17) is 0 Å². The molecule has 2 atom stereocenters. The number of fused-ring (bicyclic) bond motifs is 2. The van der Waals surface area contributed by atoms with Crippen LogP contribution in [0.25, 0.3) is 11.1 Å². The topological polar surface area (TPSA) is 0 Å². The van der Waals surface area contributed by atoms with Crippen molar-refractivity contribution in [1.82, 2.24) is 0 Å². The molecule has 0 saturated heterocycles. The summed E-state index contributed by atoms with van der Waals surface area (Å²) >= 11 is 1.30. The first-order valence-corrected chi connectivity index (χ1v) is 10.1. The number of halogens is 2. The molecule has 0 radical (unpaired) electrons. The van der Waals surface area contributed by atoms with Crippen molar-refractivity contribution in [3.05, 3.63) is 82.9 Å². The molecule has 0 aliphatic heterocycles. The van der Waals surface area contributed by atoms with Gasteiger partial charge in [-0.3, -0.25) is 12.2 Å². The Morgan fingerprint density at radius 3 is 1.31 bits per heavy atom. The van der Waals surface area contributed by atoms with E-state index in [0.717, 1.165) is 0 Å². The van der Waals surface area contributed by atoms with Crippen molar-refractivity contribution in [2.75, 3.05) is 0 Å². The van der Waals surface area contributed by atoms with Crippen molar-refractivity contribution in [3.63, 3.8) is 0 Å². The quantitative estimate of drug-likeness (QED) is 0.484. The van der Waals surface area contributed by atoms with Gasteiger partial charge in [-0.15, -0.1) is 23.3 Å². The number of rotatable bonds is 0. The second kappa shape index (κ2) is 11.9. The minimum absolute atomic E-state index is 0. The van der Waals surface area contributed by atoms with Gasteiger partial charge in [-0.05, 0) is 0 Å². The summed E-state index contributed by atoms with van der Waals surface area (Å²) in [6.07, 6.45) is 6.80. The van der Waals surface area contributed by atoms with Gasteiger partial charge in [-0.25, -0.2) is 11.1 Å². The summed E-state index contributed by atoms with van der Waals surface area (Å²) in [5, 5.41) is 0. The molecule has 2 aromatic carbocycles. The predicted molar refractivity (Wildman–Crippen MR) is 101 cm³/mol. The van der Waals surface area contributed by atoms with E-state index < -0.39 is 0 Å². The van der Waals surface area contributed by atoms with Crippen LogP contribution in [0.1, 0.15) is 61.8 Å². The molecule has 2 aliphatic rings. The van der Waals surface area contributed by atoms with Crippen LogP contribution in [0.2, 0.25) is 0 Å². The minimum atomic E-state index is 0. The number of allylic oxidation sites excluding steroid dienone is 4. The molecule has 0 amide bonds. The Bertz CT molecular complexity index is 712. The molecule has 2 unspecified atom stereocenters. The third kappa shape index (κ3) is 5.62. The largest absolute Gasteiger partial charge is 1.00 e. The minimum Gasteiger partial charge on any atom is -1.00 e. The molecule has 4 rings (SSSR count). The van der Waals surface area contributed by atoms with Crippen LogP contribution in [0.15, 0.2) is 48.5 Å². The first-order valence-electron chi connectivity index (χ1n) is 8.32. The average molecular weight is 463 g/mol. The van der Waals surface area contributed by atoms with E-state index in [2.05, 4.69) is 92.6 Å². The summed E-state index contributed by atoms with van der Waals surface area (Å²) in [6, 6.07) is 17.1. The van der Waals surface area contributed by atoms with Gasteiger partial charge >= 0.3 is 28.4 Å². The van der Waals surface area contributed by atoms with E-state index in [1.54, 1.807) is 0 Å². The second-order valence-corrected chi connectivity index (χ2v) is 6.16. The number of benzene rings is 2. The molecule has 2 aliphatic carbocycles. The van der Waals surface area contributed by atoms with E-state index in [9.17, 15) is 0 Å². The second-order valence-electron chi connectivity index (χ2n) is 6.16. The number of hydrogen-bond acceptors (Lipinski definition) is 0. The molecule has 0 saturated carbocycles. The van der Waals surface area contributed by atoms with Crippen LogP contribution in [0.3, 0.4) is 0 Å². The van der Waals surface area contributed by atoms with Crippen LogP contribution in [0.4, 0.5) is 0 Å². The summed E-state index contributed by atoms with van der Waals surface area (Å²) in [4.78, 5) is 0. The van der Waals surface area contributed by atoms with Crippen molar-refractivity contribution in [2.45, 2.75) is 39.5 Å². The van der Waals surface area contributed by atoms with Crippen LogP contribution >= 0.6 is 0 Å². The zero-order chi connectivity index (χ0) is 17.7. The summed E-state index contributed by atoms with van der Waals surface area (Å²) in [5.74, 6) is 0.984. The van der Waals surface area contributed by atoms with Gasteiger partial charge in [0, 0.05) is 0 Å². The van der Waals surface area contributed by atoms with E-state index in [1.807, 2.05) is 0 Å². The van der Waals surface area contributed by atoms with Crippen LogP contribution < -0.4 is 24.8 Å². The van der Waals surface area contributed by atoms with Crippen LogP contribution in [-0.2, 0) is 24.2 Å². The average Bonchev–Trinajstić information content (AvgIpc) is 3.07. The summed E-state index contributed by atoms with van der Waals surface area (Å²) < 4.78 is 3.34. The van der Waals surface area contributed by atoms with Crippen molar-refractivity contribution in [1.29, 1.82) is 0 Å². The first-order chi connectivity index (χ1) is 11.6. The molecule has 0 fully saturated rings. The Labute approximate surface area is 185 Å². The van der Waals surface area contributed by atoms with Gasteiger partial charge in [-0.2, -0.15) is 11.1 Å². The molecular weight excluding hydrogens is 438 g/mol. The van der Waals surface area contributed by atoms with E-state index in [-0.39, 0.29) is 24.8 Å². The maximum absolute atomic E-state index is 3.40. The van der Waals surface area contributed by atoms with Crippen LogP contribution in [0, 0.1) is 12.2 Å². The van der Waals surface area contributed by atoms with Gasteiger partial charge in [0.25, 0.3) is 0 Å². The fourth-order valence-corrected chi connectivity index (χ4v) is 3.39. The molecule has 0 bridgehead atoms. The third-order valence-corrected chi connectivity index (χ3v) is 4.53. The summed E-state index contributed by atoms with van der Waals surface area (Å²) in [6.45, 7) is 8.63. The Hall–Kier alpha value is -0.747. The maximum Gasteiger partial charge on any atom is -1.00 e. The van der Waals surface area contributed by atoms with E-state index in [0.29, 0.717) is 11.8 Å². The predicted octanol–water partition coefficient (Wildman–Crippen LogP) is -0.00642. The molecule has 3 heteroatoms. The smallest absolute Gasteiger partial charge is 1.00 e. The zero-order valence-electron chi connectivity index (χ0n) is 15.7. The van der Waals surface area contributed by atoms with Gasteiger partial charge in [0.05, 0.1) is 0 Å². The maximum atomic E-state index is 3.40. The van der Waals surface area contributed by atoms with Gasteiger partial charge in [-0.1, -0.05) is 75.9 Å². The Kier molecular flexibility index (Phi) is 11.5. The molecule has 136 valence electrons. The van der Waals surface area contributed by atoms with Gasteiger partial charge in [0.2, 0.25) is 0 Å². The SMILES string of the molecule is CC1=[C-]C(C)c2ccccc21.CC1=[C-]C(C)c2ccccc21.[CH2]=[Zr+2].[Cl-].[Cl-]. The third-order valence-electron chi connectivity index (χ3n) is 4.53. The van der Waals surface area contributed by atoms with Crippen molar-refractivity contribution < 1.29 is 49.0 Å². The zero-order valence-corrected chi connectivity index (χ0v) is 19.7. The molecule has 0 aromatic heterocycles. The molecule has 0 heterocycles. The van der Waals surface area contributed by atoms with Crippen molar-refractivity contribution in [3.8, 4) is 0 Å². The standard InChI is InChI=1S/2C11H11.CH2.2ClH.Zr/c2*1-8-7-9(2)11-6-4-3-5-10(8)11;;;;/h2*3-6,8H,1-2H3;1H2;2*1H;/q2*-1;;;;+2/p-2. The molecule has 2 aromatic rings. The van der Waals surface area contributed by atoms with E-state index in [1.165, 1.54) is 57.6 Å². The summed E-state index contributed by atoms with van der Waals surface area (Å²) in [7, 11) is 0. The fraction of sp³-hybridized carbons (Fsp3) is 0.261. The normalized spacial score (nSPS) is 18.2. The molecule has 0 N–H and O–H groups in total. The molecule has 26 heavy (non-hydrogen) atoms. The van der Waals surface area contributed by atoms with E-state index >= 15 is 0 Å². The van der Waals surface area contributed by atoms with Crippen molar-refractivity contribution >= 4 is 15.4 Å². The van der Waals surface area contributed by atoms with Gasteiger partial charge in [0.1, 0.15) is 0 Å². The first kappa shape index (κ1) is 25.3. The Morgan fingerprint density at radius 2 is 1.00 bits per heavy atom. The Balaban J connectivity index is 0.000000410.